The van der Waals surface area contributed by atoms with Gasteiger partial charge in [-0.25, -0.2) is 9.18 Å². The zero-order chi connectivity index (χ0) is 32.9. The first-order valence-corrected chi connectivity index (χ1v) is 18.1. The molecule has 1 atom stereocenters. The van der Waals surface area contributed by atoms with E-state index in [9.17, 15) is 29.0 Å². The molecule has 0 fully saturated rings. The first-order chi connectivity index (χ1) is 21.2. The van der Waals surface area contributed by atoms with Crippen molar-refractivity contribution in [1.82, 2.24) is 0 Å². The minimum atomic E-state index is -2.67. The summed E-state index contributed by atoms with van der Waals surface area (Å²) in [4.78, 5) is 37.3. The van der Waals surface area contributed by atoms with Gasteiger partial charge >= 0.3 is 17.9 Å². The smallest absolute Gasteiger partial charge is 0.336 e. The number of esters is 2. The van der Waals surface area contributed by atoms with Crippen LogP contribution in [0.4, 0.5) is 4.39 Å². The van der Waals surface area contributed by atoms with Gasteiger partial charge in [0.15, 0.2) is 5.60 Å². The van der Waals surface area contributed by atoms with E-state index in [0.717, 1.165) is 57.8 Å². The summed E-state index contributed by atoms with van der Waals surface area (Å²) in [6.07, 6.45) is 24.3. The van der Waals surface area contributed by atoms with Crippen LogP contribution in [0.25, 0.3) is 0 Å². The summed E-state index contributed by atoms with van der Waals surface area (Å²) < 4.78 is 23.3. The number of ether oxygens (including phenoxy) is 2. The molecule has 0 aliphatic carbocycles. The average molecular weight is 631 g/mol. The molecule has 0 aromatic heterocycles. The van der Waals surface area contributed by atoms with Gasteiger partial charge < -0.3 is 19.7 Å². The molecule has 44 heavy (non-hydrogen) atoms. The SMILES string of the molecule is CCCCCCCCCCCC(CCCCCCCC)(CCCCCCCC)OC(=O)CC(O)(CC(=O)OCCF)C(=O)O. The van der Waals surface area contributed by atoms with Crippen LogP contribution in [-0.2, 0) is 23.9 Å². The van der Waals surface area contributed by atoms with Crippen LogP contribution in [0.5, 0.6) is 0 Å². The van der Waals surface area contributed by atoms with E-state index in [4.69, 9.17) is 4.74 Å². The summed E-state index contributed by atoms with van der Waals surface area (Å²) in [6.45, 7) is 5.15. The summed E-state index contributed by atoms with van der Waals surface area (Å²) in [5, 5.41) is 20.5. The zero-order valence-corrected chi connectivity index (χ0v) is 28.6. The van der Waals surface area contributed by atoms with Gasteiger partial charge in [0.2, 0.25) is 0 Å². The molecule has 2 N–H and O–H groups in total. The van der Waals surface area contributed by atoms with Gasteiger partial charge in [0, 0.05) is 0 Å². The summed E-state index contributed by atoms with van der Waals surface area (Å²) in [5.41, 5.74) is -3.39. The molecule has 0 aliphatic heterocycles. The third-order valence-electron chi connectivity index (χ3n) is 8.65. The second kappa shape index (κ2) is 27.6. The number of alkyl halides is 1. The van der Waals surface area contributed by atoms with Gasteiger partial charge in [-0.15, -0.1) is 0 Å². The Labute approximate surface area is 268 Å². The number of unbranched alkanes of at least 4 members (excludes halogenated alkanes) is 18. The summed E-state index contributed by atoms with van der Waals surface area (Å²) >= 11 is 0. The second-order valence-electron chi connectivity index (χ2n) is 12.9. The lowest BCUT2D eigenvalue weighted by Crippen LogP contribution is -2.45. The number of aliphatic hydroxyl groups is 1. The zero-order valence-electron chi connectivity index (χ0n) is 28.6. The van der Waals surface area contributed by atoms with Crippen molar-refractivity contribution >= 4 is 17.9 Å². The van der Waals surface area contributed by atoms with Gasteiger partial charge in [-0.2, -0.15) is 0 Å². The highest BCUT2D eigenvalue weighted by Crippen LogP contribution is 2.34. The molecule has 8 heteroatoms. The van der Waals surface area contributed by atoms with E-state index >= 15 is 0 Å². The molecule has 0 amide bonds. The van der Waals surface area contributed by atoms with E-state index in [1.54, 1.807) is 0 Å². The Hall–Kier alpha value is -1.70. The highest BCUT2D eigenvalue weighted by molar-refractivity contribution is 5.89. The average Bonchev–Trinajstić information content (AvgIpc) is 2.98. The highest BCUT2D eigenvalue weighted by atomic mass is 19.1. The van der Waals surface area contributed by atoms with Gasteiger partial charge in [-0.3, -0.25) is 9.59 Å². The predicted octanol–water partition coefficient (Wildman–Crippen LogP) is 9.80. The maximum atomic E-state index is 13.3. The Bertz CT molecular complexity index is 713. The highest BCUT2D eigenvalue weighted by Gasteiger charge is 2.44. The molecule has 1 unspecified atom stereocenters. The molecule has 0 bridgehead atoms. The molecule has 7 nitrogen and oxygen atoms in total. The Morgan fingerprint density at radius 3 is 1.25 bits per heavy atom. The number of carbonyl (C=O) groups is 3. The molecule has 0 aromatic rings. The van der Waals surface area contributed by atoms with Crippen molar-refractivity contribution in [3.8, 4) is 0 Å². The standard InChI is InChI=1S/C36H67FO7/c1-4-7-10-13-16-17-18-21-24-27-35(25-22-19-14-11-8-5-2,26-23-20-15-12-9-6-3)44-33(39)31-36(42,34(40)41)30-32(38)43-29-28-37/h42H,4-31H2,1-3H3,(H,40,41). The number of hydrogen-bond acceptors (Lipinski definition) is 6. The van der Waals surface area contributed by atoms with E-state index < -0.39 is 55.2 Å². The Morgan fingerprint density at radius 1 is 0.568 bits per heavy atom. The second-order valence-corrected chi connectivity index (χ2v) is 12.9. The van der Waals surface area contributed by atoms with E-state index in [1.165, 1.54) is 77.0 Å². The Balaban J connectivity index is 5.59. The maximum Gasteiger partial charge on any atom is 0.336 e. The minimum Gasteiger partial charge on any atom is -0.479 e. The van der Waals surface area contributed by atoms with Crippen LogP contribution in [0.3, 0.4) is 0 Å². The first kappa shape index (κ1) is 42.3. The monoisotopic (exact) mass is 630 g/mol. The van der Waals surface area contributed by atoms with Crippen molar-refractivity contribution in [3.63, 3.8) is 0 Å². The largest absolute Gasteiger partial charge is 0.479 e. The van der Waals surface area contributed by atoms with E-state index in [-0.39, 0.29) is 0 Å². The van der Waals surface area contributed by atoms with E-state index in [2.05, 4.69) is 25.5 Å². The number of carboxylic acid groups (broad SMARTS) is 1. The quantitative estimate of drug-likeness (QED) is 0.0562. The normalized spacial score (nSPS) is 13.0. The van der Waals surface area contributed by atoms with Crippen molar-refractivity contribution in [1.29, 1.82) is 0 Å². The summed E-state index contributed by atoms with van der Waals surface area (Å²) in [5.74, 6) is -3.59. The summed E-state index contributed by atoms with van der Waals surface area (Å²) in [6, 6.07) is 0. The molecule has 0 saturated carbocycles. The lowest BCUT2D eigenvalue weighted by molar-refractivity contribution is -0.180. The molecule has 0 saturated heterocycles. The van der Waals surface area contributed by atoms with Gasteiger partial charge in [0.25, 0.3) is 0 Å². The molecule has 0 aliphatic rings. The molecule has 0 aromatic carbocycles. The van der Waals surface area contributed by atoms with Crippen molar-refractivity contribution in [3.05, 3.63) is 0 Å². The lowest BCUT2D eigenvalue weighted by Gasteiger charge is -2.35. The van der Waals surface area contributed by atoms with Gasteiger partial charge in [-0.05, 0) is 38.5 Å². The summed E-state index contributed by atoms with van der Waals surface area (Å²) in [7, 11) is 0. The fraction of sp³-hybridized carbons (Fsp3) is 0.917. The topological polar surface area (TPSA) is 110 Å². The van der Waals surface area contributed by atoms with Crippen molar-refractivity contribution in [2.45, 2.75) is 199 Å². The predicted molar refractivity (Wildman–Crippen MR) is 175 cm³/mol. The van der Waals surface area contributed by atoms with Crippen LogP contribution in [0.15, 0.2) is 0 Å². The Morgan fingerprint density at radius 2 is 0.909 bits per heavy atom. The fourth-order valence-corrected chi connectivity index (χ4v) is 5.91. The lowest BCUT2D eigenvalue weighted by atomic mass is 9.84. The van der Waals surface area contributed by atoms with Crippen molar-refractivity contribution < 1.29 is 38.5 Å². The molecular formula is C36H67FO7. The third kappa shape index (κ3) is 21.9. The fourth-order valence-electron chi connectivity index (χ4n) is 5.91. The number of aliphatic carboxylic acids is 1. The number of carbonyl (C=O) groups excluding carboxylic acids is 2. The van der Waals surface area contributed by atoms with Crippen LogP contribution in [0.2, 0.25) is 0 Å². The third-order valence-corrected chi connectivity index (χ3v) is 8.65. The van der Waals surface area contributed by atoms with Gasteiger partial charge in [0.05, 0.1) is 12.8 Å². The number of rotatable bonds is 32. The van der Waals surface area contributed by atoms with Gasteiger partial charge in [-0.1, -0.05) is 136 Å². The van der Waals surface area contributed by atoms with Crippen molar-refractivity contribution in [2.75, 3.05) is 13.3 Å². The molecule has 0 spiro atoms. The van der Waals surface area contributed by atoms with Crippen LogP contribution in [-0.4, -0.2) is 52.6 Å². The number of hydrogen-bond donors (Lipinski definition) is 2. The van der Waals surface area contributed by atoms with Gasteiger partial charge in [0.1, 0.15) is 18.9 Å². The molecular weight excluding hydrogens is 563 g/mol. The molecule has 0 radical (unpaired) electrons. The number of halogens is 1. The van der Waals surface area contributed by atoms with Crippen molar-refractivity contribution in [2.24, 2.45) is 0 Å². The van der Waals surface area contributed by atoms with E-state index in [1.807, 2.05) is 0 Å². The van der Waals surface area contributed by atoms with Crippen LogP contribution < -0.4 is 0 Å². The number of carboxylic acids is 1. The van der Waals surface area contributed by atoms with Crippen LogP contribution >= 0.6 is 0 Å². The molecule has 0 heterocycles. The van der Waals surface area contributed by atoms with Crippen LogP contribution in [0, 0.1) is 0 Å². The molecule has 260 valence electrons. The molecule has 0 rings (SSSR count). The Kier molecular flexibility index (Phi) is 26.5. The maximum absolute atomic E-state index is 13.3. The minimum absolute atomic E-state index is 0.530. The van der Waals surface area contributed by atoms with E-state index in [0.29, 0.717) is 19.3 Å². The van der Waals surface area contributed by atoms with Crippen LogP contribution in [0.1, 0.15) is 188 Å². The first-order valence-electron chi connectivity index (χ1n) is 18.1.